The molecule has 0 amide bonds. The van der Waals surface area contributed by atoms with Crippen molar-refractivity contribution in [2.75, 3.05) is 6.61 Å². The Balaban J connectivity index is 1.76. The zero-order valence-electron chi connectivity index (χ0n) is 13.1. The number of phosphoric ester groups is 1. The molecule has 2 aromatic rings. The second kappa shape index (κ2) is 7.14. The maximum Gasteiger partial charge on any atom is 0.481 e. The van der Waals surface area contributed by atoms with Crippen molar-refractivity contribution in [3.05, 3.63) is 23.0 Å². The Labute approximate surface area is 149 Å². The average Bonchev–Trinajstić information content (AvgIpc) is 3.07. The Bertz CT molecular complexity index is 985. The number of aliphatic hydroxyl groups excluding tert-OH is 2. The van der Waals surface area contributed by atoms with E-state index in [1.807, 2.05) is 0 Å². The number of hydrogen-bond donors (Lipinski definition) is 6. The van der Waals surface area contributed by atoms with Crippen molar-refractivity contribution in [1.29, 1.82) is 0 Å². The van der Waals surface area contributed by atoms with Gasteiger partial charge in [-0.3, -0.25) is 13.9 Å². The van der Waals surface area contributed by atoms with Crippen molar-refractivity contribution in [1.82, 2.24) is 19.5 Å². The Morgan fingerprint density at radius 2 is 1.93 bits per heavy atom. The number of phosphoric acid groups is 2. The van der Waals surface area contributed by atoms with Gasteiger partial charge in [0.25, 0.3) is 5.56 Å². The third-order valence-corrected chi connectivity index (χ3v) is 5.74. The van der Waals surface area contributed by atoms with E-state index in [4.69, 9.17) is 14.5 Å². The molecule has 1 saturated heterocycles. The monoisotopic (exact) mass is 428 g/mol. The third kappa shape index (κ3) is 4.33. The van der Waals surface area contributed by atoms with Gasteiger partial charge in [0.05, 0.1) is 19.3 Å². The predicted molar refractivity (Wildman–Crippen MR) is 83.0 cm³/mol. The number of aromatic nitrogens is 4. The fourth-order valence-corrected chi connectivity index (χ4v) is 4.07. The van der Waals surface area contributed by atoms with Crippen molar-refractivity contribution in [3.8, 4) is 0 Å². The summed E-state index contributed by atoms with van der Waals surface area (Å²) in [6.07, 6.45) is -3.56. The lowest BCUT2D eigenvalue weighted by Gasteiger charge is -2.17. The Morgan fingerprint density at radius 1 is 1.22 bits per heavy atom. The topological polar surface area (TPSA) is 227 Å². The molecule has 1 fully saturated rings. The molecular weight excluding hydrogens is 414 g/mol. The van der Waals surface area contributed by atoms with Gasteiger partial charge in [-0.1, -0.05) is 0 Å². The molecular formula is C10H14N4O11P2. The van der Waals surface area contributed by atoms with Crippen LogP contribution < -0.4 is 5.56 Å². The van der Waals surface area contributed by atoms with E-state index >= 15 is 0 Å². The highest BCUT2D eigenvalue weighted by molar-refractivity contribution is 7.60. The summed E-state index contributed by atoms with van der Waals surface area (Å²) in [4.78, 5) is 48.0. The summed E-state index contributed by atoms with van der Waals surface area (Å²) in [6.45, 7) is -0.844. The molecule has 0 radical (unpaired) electrons. The number of aromatic amines is 1. The molecule has 17 heteroatoms. The van der Waals surface area contributed by atoms with E-state index in [2.05, 4.69) is 23.8 Å². The number of hydrogen-bond acceptors (Lipinski definition) is 10. The van der Waals surface area contributed by atoms with E-state index in [-0.39, 0.29) is 11.2 Å². The smallest absolute Gasteiger partial charge is 0.387 e. The van der Waals surface area contributed by atoms with Crippen LogP contribution in [-0.4, -0.2) is 69.3 Å². The van der Waals surface area contributed by atoms with Crippen LogP contribution in [0, 0.1) is 0 Å². The molecule has 3 heterocycles. The van der Waals surface area contributed by atoms with E-state index in [1.54, 1.807) is 0 Å². The molecule has 1 unspecified atom stereocenters. The molecule has 27 heavy (non-hydrogen) atoms. The first kappa shape index (κ1) is 20.2. The minimum atomic E-state index is -5.30. The molecule has 2 aromatic heterocycles. The first-order valence-corrected chi connectivity index (χ1v) is 10.2. The average molecular weight is 428 g/mol. The maximum absolute atomic E-state index is 11.7. The molecule has 150 valence electrons. The number of nitrogens with zero attached hydrogens (tertiary/aromatic N) is 3. The summed E-state index contributed by atoms with van der Waals surface area (Å²) in [6, 6.07) is 0. The highest BCUT2D eigenvalue weighted by Crippen LogP contribution is 2.57. The van der Waals surface area contributed by atoms with Gasteiger partial charge in [0.15, 0.2) is 17.4 Å². The van der Waals surface area contributed by atoms with Gasteiger partial charge >= 0.3 is 15.6 Å². The van der Waals surface area contributed by atoms with Crippen LogP contribution in [0.2, 0.25) is 0 Å². The highest BCUT2D eigenvalue weighted by Gasteiger charge is 2.46. The number of ether oxygens (including phenoxy) is 1. The lowest BCUT2D eigenvalue weighted by Crippen LogP contribution is -2.33. The third-order valence-electron chi connectivity index (χ3n) is 3.59. The zero-order valence-corrected chi connectivity index (χ0v) is 14.9. The largest absolute Gasteiger partial charge is 0.481 e. The molecule has 0 spiro atoms. The van der Waals surface area contributed by atoms with E-state index < -0.39 is 52.4 Å². The van der Waals surface area contributed by atoms with Gasteiger partial charge in [0.2, 0.25) is 0 Å². The van der Waals surface area contributed by atoms with Gasteiger partial charge in [-0.05, 0) is 0 Å². The fourth-order valence-electron chi connectivity index (χ4n) is 2.47. The summed E-state index contributed by atoms with van der Waals surface area (Å²) in [7, 11) is -10.5. The molecule has 0 aromatic carbocycles. The zero-order chi connectivity index (χ0) is 20.0. The van der Waals surface area contributed by atoms with E-state index in [0.717, 1.165) is 12.7 Å². The van der Waals surface area contributed by atoms with Gasteiger partial charge in [0, 0.05) is 0 Å². The van der Waals surface area contributed by atoms with E-state index in [9.17, 15) is 29.0 Å². The van der Waals surface area contributed by atoms with Crippen LogP contribution in [-0.2, 0) is 22.7 Å². The van der Waals surface area contributed by atoms with Gasteiger partial charge in [-0.2, -0.15) is 4.31 Å². The Kier molecular flexibility index (Phi) is 5.35. The normalized spacial score (nSPS) is 28.5. The van der Waals surface area contributed by atoms with Crippen LogP contribution in [0.25, 0.3) is 11.2 Å². The van der Waals surface area contributed by atoms with Gasteiger partial charge in [0.1, 0.15) is 18.3 Å². The minimum Gasteiger partial charge on any atom is -0.387 e. The first-order valence-electron chi connectivity index (χ1n) is 7.14. The van der Waals surface area contributed by atoms with Crippen LogP contribution >= 0.6 is 15.6 Å². The summed E-state index contributed by atoms with van der Waals surface area (Å²) in [5.74, 6) is 0. The van der Waals surface area contributed by atoms with Crippen molar-refractivity contribution in [2.45, 2.75) is 24.5 Å². The number of rotatable bonds is 6. The fraction of sp³-hybridized carbons (Fsp3) is 0.500. The van der Waals surface area contributed by atoms with Gasteiger partial charge in [-0.15, -0.1) is 0 Å². The van der Waals surface area contributed by atoms with Gasteiger partial charge in [-0.25, -0.2) is 19.1 Å². The van der Waals surface area contributed by atoms with Crippen molar-refractivity contribution >= 4 is 26.8 Å². The highest BCUT2D eigenvalue weighted by atomic mass is 31.3. The van der Waals surface area contributed by atoms with Crippen molar-refractivity contribution in [3.63, 3.8) is 0 Å². The van der Waals surface area contributed by atoms with Gasteiger partial charge < -0.3 is 34.6 Å². The molecule has 15 nitrogen and oxygen atoms in total. The Hall–Kier alpha value is -1.51. The lowest BCUT2D eigenvalue weighted by molar-refractivity contribution is -0.0503. The maximum atomic E-state index is 11.7. The number of fused-ring (bicyclic) bond motifs is 1. The lowest BCUT2D eigenvalue weighted by atomic mass is 10.1. The van der Waals surface area contributed by atoms with Crippen molar-refractivity contribution in [2.24, 2.45) is 0 Å². The van der Waals surface area contributed by atoms with E-state index in [1.165, 1.54) is 4.57 Å². The molecule has 3 rings (SSSR count). The van der Waals surface area contributed by atoms with Crippen LogP contribution in [0.4, 0.5) is 0 Å². The van der Waals surface area contributed by atoms with Crippen LogP contribution in [0.3, 0.4) is 0 Å². The van der Waals surface area contributed by atoms with E-state index in [0.29, 0.717) is 0 Å². The Morgan fingerprint density at radius 3 is 2.59 bits per heavy atom. The quantitative estimate of drug-likeness (QED) is 0.273. The summed E-state index contributed by atoms with van der Waals surface area (Å²) < 4.78 is 36.6. The number of H-pyrrole nitrogens is 1. The van der Waals surface area contributed by atoms with Crippen LogP contribution in [0.1, 0.15) is 6.23 Å². The first-order chi connectivity index (χ1) is 12.5. The SMILES string of the molecule is O=c1[nH]cnc2c1ncn2[C@H]1O[C@@H](COP(=O)(O)OP(=O)(O)O)[C@H](O)[C@H]1O. The van der Waals surface area contributed by atoms with Crippen molar-refractivity contribution < 1.29 is 47.6 Å². The molecule has 1 aliphatic rings. The molecule has 6 N–H and O–H groups in total. The minimum absolute atomic E-state index is 0.0441. The second-order valence-corrected chi connectivity index (χ2v) is 8.27. The number of aliphatic hydroxyl groups is 2. The molecule has 0 aliphatic carbocycles. The predicted octanol–water partition coefficient (Wildman–Crippen LogP) is -2.03. The summed E-state index contributed by atoms with van der Waals surface area (Å²) >= 11 is 0. The van der Waals surface area contributed by atoms with Crippen LogP contribution in [0.5, 0.6) is 0 Å². The standard InChI is InChI=1S/C10H14N4O11P2/c15-6-4(1-23-27(21,22)25-26(18,19)20)24-10(7(6)16)14-3-13-5-8(14)11-2-12-9(5)17/h2-4,6-7,10,15-16H,1H2,(H,21,22)(H,11,12,17)(H2,18,19,20)/t4-,6-,7+,10-/m0/s1. The number of imidazole rings is 1. The molecule has 0 bridgehead atoms. The summed E-state index contributed by atoms with van der Waals surface area (Å²) in [5.41, 5.74) is -0.533. The molecule has 5 atom stereocenters. The molecule has 1 aliphatic heterocycles. The molecule has 0 saturated carbocycles. The van der Waals surface area contributed by atoms with Crippen LogP contribution in [0.15, 0.2) is 17.4 Å². The summed E-state index contributed by atoms with van der Waals surface area (Å²) in [5, 5.41) is 20.2. The number of nitrogens with one attached hydrogen (secondary N) is 1. The second-order valence-electron chi connectivity index (χ2n) is 5.44.